The van der Waals surface area contributed by atoms with E-state index in [1.165, 1.54) is 35.7 Å². The molecule has 1 aromatic rings. The van der Waals surface area contributed by atoms with Crippen LogP contribution in [0.3, 0.4) is 0 Å². The van der Waals surface area contributed by atoms with E-state index in [2.05, 4.69) is 17.6 Å². The van der Waals surface area contributed by atoms with Gasteiger partial charge in [0.25, 0.3) is 5.91 Å². The number of nitrogens with one attached hydrogen (secondary N) is 2. The standard InChI is InChI=1S/C16H22N2O4S/c1-4-10-5-6-12-11(7-10)8-13(23-12)15(20)22-9(2)14(19)18-16(21)17-3/h8-10H,4-7H2,1-3H3,(H2,17,18,19,21)/t9-,10-/m1/s1. The normalized spacial score (nSPS) is 17.8. The first-order chi connectivity index (χ1) is 10.9. The van der Waals surface area contributed by atoms with Crippen LogP contribution >= 0.6 is 11.3 Å². The smallest absolute Gasteiger partial charge is 0.349 e. The Labute approximate surface area is 139 Å². The summed E-state index contributed by atoms with van der Waals surface area (Å²) in [5.41, 5.74) is 1.22. The maximum absolute atomic E-state index is 12.2. The summed E-state index contributed by atoms with van der Waals surface area (Å²) in [6, 6.07) is 1.25. The molecule has 0 aliphatic heterocycles. The second kappa shape index (κ2) is 7.59. The number of amides is 3. The monoisotopic (exact) mass is 338 g/mol. The molecule has 1 heterocycles. The van der Waals surface area contributed by atoms with Crippen LogP contribution in [0.4, 0.5) is 4.79 Å². The van der Waals surface area contributed by atoms with E-state index >= 15 is 0 Å². The number of fused-ring (bicyclic) bond motifs is 1. The van der Waals surface area contributed by atoms with Crippen LogP contribution in [0.15, 0.2) is 6.07 Å². The predicted molar refractivity (Wildman–Crippen MR) is 87.6 cm³/mol. The first-order valence-electron chi connectivity index (χ1n) is 7.79. The highest BCUT2D eigenvalue weighted by Crippen LogP contribution is 2.33. The molecular weight excluding hydrogens is 316 g/mol. The van der Waals surface area contributed by atoms with Gasteiger partial charge >= 0.3 is 12.0 Å². The number of aryl methyl sites for hydroxylation is 1. The number of ether oxygens (including phenoxy) is 1. The number of rotatable bonds is 4. The van der Waals surface area contributed by atoms with Crippen molar-refractivity contribution >= 4 is 29.2 Å². The number of esters is 1. The SMILES string of the molecule is CC[C@@H]1CCc2sc(C(=O)O[C@H](C)C(=O)NC(=O)NC)cc2C1. The molecule has 0 bridgehead atoms. The molecule has 0 saturated heterocycles. The van der Waals surface area contributed by atoms with Crippen molar-refractivity contribution in [2.45, 2.75) is 45.6 Å². The summed E-state index contributed by atoms with van der Waals surface area (Å²) in [5.74, 6) is -0.486. The molecule has 23 heavy (non-hydrogen) atoms. The Morgan fingerprint density at radius 1 is 1.43 bits per heavy atom. The third kappa shape index (κ3) is 4.31. The van der Waals surface area contributed by atoms with Gasteiger partial charge in [-0.1, -0.05) is 13.3 Å². The van der Waals surface area contributed by atoms with Crippen LogP contribution in [0.25, 0.3) is 0 Å². The zero-order chi connectivity index (χ0) is 17.0. The van der Waals surface area contributed by atoms with Crippen LogP contribution < -0.4 is 10.6 Å². The van der Waals surface area contributed by atoms with Gasteiger partial charge in [0.05, 0.1) is 0 Å². The summed E-state index contributed by atoms with van der Waals surface area (Å²) in [7, 11) is 1.40. The lowest BCUT2D eigenvalue weighted by atomic mass is 9.87. The molecule has 0 spiro atoms. The van der Waals surface area contributed by atoms with Gasteiger partial charge in [0.1, 0.15) is 4.88 Å². The van der Waals surface area contributed by atoms with Gasteiger partial charge in [-0.2, -0.15) is 0 Å². The average Bonchev–Trinajstić information content (AvgIpc) is 2.97. The third-order valence-electron chi connectivity index (χ3n) is 4.08. The number of hydrogen-bond acceptors (Lipinski definition) is 5. The Morgan fingerprint density at radius 3 is 2.83 bits per heavy atom. The molecule has 0 fully saturated rings. The molecule has 0 radical (unpaired) electrons. The fraction of sp³-hybridized carbons (Fsp3) is 0.562. The molecule has 6 nitrogen and oxygen atoms in total. The van der Waals surface area contributed by atoms with Crippen LogP contribution in [0.2, 0.25) is 0 Å². The van der Waals surface area contributed by atoms with Gasteiger partial charge < -0.3 is 10.1 Å². The number of urea groups is 1. The Morgan fingerprint density at radius 2 is 2.17 bits per heavy atom. The minimum absolute atomic E-state index is 0.517. The number of hydrogen-bond donors (Lipinski definition) is 2. The Kier molecular flexibility index (Phi) is 5.76. The number of thiophene rings is 1. The predicted octanol–water partition coefficient (Wildman–Crippen LogP) is 2.26. The molecule has 0 aromatic carbocycles. The van der Waals surface area contributed by atoms with Gasteiger partial charge in [-0.05, 0) is 43.7 Å². The molecule has 2 atom stereocenters. The molecule has 1 aliphatic carbocycles. The fourth-order valence-electron chi connectivity index (χ4n) is 2.60. The number of carbonyl (C=O) groups excluding carboxylic acids is 3. The second-order valence-corrected chi connectivity index (χ2v) is 6.83. The molecule has 0 unspecified atom stereocenters. The van der Waals surface area contributed by atoms with E-state index in [1.807, 2.05) is 6.07 Å². The van der Waals surface area contributed by atoms with Crippen molar-refractivity contribution < 1.29 is 19.1 Å². The quantitative estimate of drug-likeness (QED) is 0.825. The van der Waals surface area contributed by atoms with E-state index in [4.69, 9.17) is 4.74 Å². The van der Waals surface area contributed by atoms with E-state index in [0.29, 0.717) is 10.8 Å². The molecule has 2 rings (SSSR count). The Balaban J connectivity index is 1.97. The lowest BCUT2D eigenvalue weighted by Gasteiger charge is -2.19. The summed E-state index contributed by atoms with van der Waals surface area (Å²) >= 11 is 1.44. The molecule has 1 aromatic heterocycles. The summed E-state index contributed by atoms with van der Waals surface area (Å²) in [4.78, 5) is 36.8. The van der Waals surface area contributed by atoms with Crippen molar-refractivity contribution in [3.63, 3.8) is 0 Å². The lowest BCUT2D eigenvalue weighted by Crippen LogP contribution is -2.43. The van der Waals surface area contributed by atoms with Crippen molar-refractivity contribution in [2.24, 2.45) is 5.92 Å². The molecule has 3 amide bonds. The molecule has 0 saturated carbocycles. The Bertz CT molecular complexity index is 611. The zero-order valence-electron chi connectivity index (χ0n) is 13.6. The van der Waals surface area contributed by atoms with Gasteiger partial charge in [-0.15, -0.1) is 11.3 Å². The summed E-state index contributed by atoms with van der Waals surface area (Å²) in [5, 5.41) is 4.35. The first kappa shape index (κ1) is 17.5. The molecule has 1 aliphatic rings. The van der Waals surface area contributed by atoms with Crippen molar-refractivity contribution in [3.05, 3.63) is 21.4 Å². The second-order valence-electron chi connectivity index (χ2n) is 5.69. The molecular formula is C16H22N2O4S. The number of imide groups is 1. The first-order valence-corrected chi connectivity index (χ1v) is 8.61. The van der Waals surface area contributed by atoms with Crippen molar-refractivity contribution in [3.8, 4) is 0 Å². The van der Waals surface area contributed by atoms with Crippen LogP contribution in [-0.2, 0) is 22.4 Å². The van der Waals surface area contributed by atoms with Crippen LogP contribution in [0.1, 0.15) is 46.8 Å². The van der Waals surface area contributed by atoms with Gasteiger partial charge in [0.15, 0.2) is 6.10 Å². The summed E-state index contributed by atoms with van der Waals surface area (Å²) in [6.45, 7) is 3.63. The molecule has 2 N–H and O–H groups in total. The highest BCUT2D eigenvalue weighted by molar-refractivity contribution is 7.14. The summed E-state index contributed by atoms with van der Waals surface area (Å²) in [6.07, 6.45) is 3.28. The van der Waals surface area contributed by atoms with E-state index < -0.39 is 24.0 Å². The van der Waals surface area contributed by atoms with Gasteiger partial charge in [0.2, 0.25) is 0 Å². The van der Waals surface area contributed by atoms with Gasteiger partial charge in [-0.25, -0.2) is 9.59 Å². The minimum Gasteiger partial charge on any atom is -0.448 e. The summed E-state index contributed by atoms with van der Waals surface area (Å²) < 4.78 is 5.15. The minimum atomic E-state index is -1.03. The fourth-order valence-corrected chi connectivity index (χ4v) is 3.69. The highest BCUT2D eigenvalue weighted by Gasteiger charge is 2.25. The molecule has 126 valence electrons. The van der Waals surface area contributed by atoms with Crippen molar-refractivity contribution in [1.82, 2.24) is 10.6 Å². The Hall–Kier alpha value is -1.89. The van der Waals surface area contributed by atoms with Crippen LogP contribution in [0.5, 0.6) is 0 Å². The van der Waals surface area contributed by atoms with E-state index in [9.17, 15) is 14.4 Å². The van der Waals surface area contributed by atoms with E-state index in [0.717, 1.165) is 25.7 Å². The largest absolute Gasteiger partial charge is 0.448 e. The number of carbonyl (C=O) groups is 3. The average molecular weight is 338 g/mol. The van der Waals surface area contributed by atoms with Crippen molar-refractivity contribution in [2.75, 3.05) is 7.05 Å². The van der Waals surface area contributed by atoms with Crippen molar-refractivity contribution in [1.29, 1.82) is 0 Å². The zero-order valence-corrected chi connectivity index (χ0v) is 14.4. The van der Waals surface area contributed by atoms with Crippen LogP contribution in [-0.4, -0.2) is 31.1 Å². The lowest BCUT2D eigenvalue weighted by molar-refractivity contribution is -0.127. The maximum Gasteiger partial charge on any atom is 0.349 e. The van der Waals surface area contributed by atoms with E-state index in [-0.39, 0.29) is 0 Å². The van der Waals surface area contributed by atoms with Crippen LogP contribution in [0, 0.1) is 5.92 Å². The highest BCUT2D eigenvalue weighted by atomic mass is 32.1. The topological polar surface area (TPSA) is 84.5 Å². The maximum atomic E-state index is 12.2. The molecule has 7 heteroatoms. The van der Waals surface area contributed by atoms with Gasteiger partial charge in [-0.3, -0.25) is 10.1 Å². The third-order valence-corrected chi connectivity index (χ3v) is 5.30. The van der Waals surface area contributed by atoms with Gasteiger partial charge in [0, 0.05) is 11.9 Å². The van der Waals surface area contributed by atoms with E-state index in [1.54, 1.807) is 0 Å².